The number of oxime groups is 1. The highest BCUT2D eigenvalue weighted by Crippen LogP contribution is 2.42. The van der Waals surface area contributed by atoms with Gasteiger partial charge in [-0.25, -0.2) is 0 Å². The van der Waals surface area contributed by atoms with Gasteiger partial charge in [0, 0.05) is 11.2 Å². The standard InChI is InChI=1S/C7H11NOS/c9-8-7-5-1-3-6(10-7)4-2-5/h5-6,9H,1-4H2. The molecule has 0 aromatic heterocycles. The fourth-order valence-corrected chi connectivity index (χ4v) is 3.12. The minimum absolute atomic E-state index is 0.597. The van der Waals surface area contributed by atoms with Gasteiger partial charge in [0.25, 0.3) is 0 Å². The molecule has 2 nitrogen and oxygen atoms in total. The minimum Gasteiger partial charge on any atom is -0.410 e. The first-order valence-corrected chi connectivity index (χ1v) is 4.66. The molecule has 1 saturated carbocycles. The molecule has 0 spiro atoms. The molecule has 3 fully saturated rings. The van der Waals surface area contributed by atoms with E-state index in [4.69, 9.17) is 5.21 Å². The molecule has 1 aliphatic carbocycles. The first-order chi connectivity index (χ1) is 4.90. The molecule has 2 heterocycles. The Kier molecular flexibility index (Phi) is 1.60. The molecule has 0 unspecified atom stereocenters. The first kappa shape index (κ1) is 6.53. The first-order valence-electron chi connectivity index (χ1n) is 3.79. The fourth-order valence-electron chi connectivity index (χ4n) is 1.80. The van der Waals surface area contributed by atoms with Crippen LogP contribution in [0.4, 0.5) is 0 Å². The van der Waals surface area contributed by atoms with Crippen molar-refractivity contribution in [1.29, 1.82) is 0 Å². The third-order valence-corrected chi connectivity index (χ3v) is 3.87. The molecule has 0 aromatic carbocycles. The molecule has 0 radical (unpaired) electrons. The summed E-state index contributed by atoms with van der Waals surface area (Å²) in [6, 6.07) is 0. The highest BCUT2D eigenvalue weighted by molar-refractivity contribution is 8.14. The molecular weight excluding hydrogens is 146 g/mol. The van der Waals surface area contributed by atoms with Gasteiger partial charge in [0.15, 0.2) is 0 Å². The molecule has 2 aliphatic heterocycles. The maximum atomic E-state index is 8.58. The van der Waals surface area contributed by atoms with Gasteiger partial charge >= 0.3 is 0 Å². The number of thioether (sulfide) groups is 1. The van der Waals surface area contributed by atoms with Gasteiger partial charge in [0.05, 0.1) is 0 Å². The zero-order chi connectivity index (χ0) is 6.97. The van der Waals surface area contributed by atoms with Crippen LogP contribution in [0.5, 0.6) is 0 Å². The second-order valence-electron chi connectivity index (χ2n) is 3.03. The van der Waals surface area contributed by atoms with Crippen molar-refractivity contribution in [3.8, 4) is 0 Å². The zero-order valence-corrected chi connectivity index (χ0v) is 6.60. The largest absolute Gasteiger partial charge is 0.410 e. The van der Waals surface area contributed by atoms with E-state index in [-0.39, 0.29) is 0 Å². The van der Waals surface area contributed by atoms with Crippen molar-refractivity contribution in [1.82, 2.24) is 0 Å². The van der Waals surface area contributed by atoms with Gasteiger partial charge in [-0.15, -0.1) is 11.8 Å². The molecule has 2 saturated heterocycles. The molecule has 0 atom stereocenters. The van der Waals surface area contributed by atoms with E-state index >= 15 is 0 Å². The predicted octanol–water partition coefficient (Wildman–Crippen LogP) is 2.08. The van der Waals surface area contributed by atoms with Gasteiger partial charge < -0.3 is 5.21 Å². The van der Waals surface area contributed by atoms with Crippen LogP contribution >= 0.6 is 11.8 Å². The van der Waals surface area contributed by atoms with Crippen LogP contribution in [0.25, 0.3) is 0 Å². The van der Waals surface area contributed by atoms with Crippen molar-refractivity contribution in [2.45, 2.75) is 30.9 Å². The summed E-state index contributed by atoms with van der Waals surface area (Å²) in [6.45, 7) is 0. The van der Waals surface area contributed by atoms with Crippen LogP contribution in [0.2, 0.25) is 0 Å². The number of hydrogen-bond acceptors (Lipinski definition) is 3. The van der Waals surface area contributed by atoms with Crippen LogP contribution in [0.15, 0.2) is 5.16 Å². The highest BCUT2D eigenvalue weighted by Gasteiger charge is 2.33. The average molecular weight is 157 g/mol. The maximum absolute atomic E-state index is 8.58. The van der Waals surface area contributed by atoms with E-state index in [1.54, 1.807) is 11.8 Å². The lowest BCUT2D eigenvalue weighted by molar-refractivity contribution is 0.311. The normalized spacial score (nSPS) is 42.6. The van der Waals surface area contributed by atoms with Crippen molar-refractivity contribution in [2.75, 3.05) is 0 Å². The van der Waals surface area contributed by atoms with Crippen LogP contribution < -0.4 is 0 Å². The van der Waals surface area contributed by atoms with Gasteiger partial charge in [-0.2, -0.15) is 0 Å². The summed E-state index contributed by atoms with van der Waals surface area (Å²) in [5.41, 5.74) is 0. The number of rotatable bonds is 0. The van der Waals surface area contributed by atoms with Crippen LogP contribution in [0.1, 0.15) is 25.7 Å². The maximum Gasteiger partial charge on any atom is 0.116 e. The van der Waals surface area contributed by atoms with E-state index in [9.17, 15) is 0 Å². The Morgan fingerprint density at radius 3 is 2.30 bits per heavy atom. The molecule has 56 valence electrons. The molecule has 3 aliphatic rings. The monoisotopic (exact) mass is 157 g/mol. The quantitative estimate of drug-likeness (QED) is 0.431. The second-order valence-corrected chi connectivity index (χ2v) is 4.35. The summed E-state index contributed by atoms with van der Waals surface area (Å²) >= 11 is 1.78. The minimum atomic E-state index is 0.597. The Morgan fingerprint density at radius 1 is 1.30 bits per heavy atom. The van der Waals surface area contributed by atoms with Gasteiger partial charge in [-0.3, -0.25) is 0 Å². The zero-order valence-electron chi connectivity index (χ0n) is 5.79. The molecule has 3 rings (SSSR count). The summed E-state index contributed by atoms with van der Waals surface area (Å²) in [7, 11) is 0. The molecule has 10 heavy (non-hydrogen) atoms. The van der Waals surface area contributed by atoms with E-state index in [0.29, 0.717) is 5.92 Å². The molecule has 0 aromatic rings. The summed E-state index contributed by atoms with van der Waals surface area (Å²) in [6.07, 6.45) is 5.15. The average Bonchev–Trinajstić information content (AvgIpc) is 2.06. The van der Waals surface area contributed by atoms with Crippen molar-refractivity contribution in [3.63, 3.8) is 0 Å². The predicted molar refractivity (Wildman–Crippen MR) is 42.6 cm³/mol. The summed E-state index contributed by atoms with van der Waals surface area (Å²) < 4.78 is 0. The Balaban J connectivity index is 2.15. The van der Waals surface area contributed by atoms with Crippen LogP contribution in [-0.4, -0.2) is 15.5 Å². The molecule has 2 bridgehead atoms. The number of nitrogens with zero attached hydrogens (tertiary/aromatic N) is 1. The van der Waals surface area contributed by atoms with E-state index in [1.807, 2.05) is 0 Å². The highest BCUT2D eigenvalue weighted by atomic mass is 32.2. The Labute approximate surface area is 64.7 Å². The lowest BCUT2D eigenvalue weighted by Crippen LogP contribution is -2.29. The summed E-state index contributed by atoms with van der Waals surface area (Å²) in [5, 5.41) is 13.6. The molecule has 3 heteroatoms. The van der Waals surface area contributed by atoms with Crippen LogP contribution in [-0.2, 0) is 0 Å². The Morgan fingerprint density at radius 2 is 2.00 bits per heavy atom. The van der Waals surface area contributed by atoms with Crippen LogP contribution in [0.3, 0.4) is 0 Å². The van der Waals surface area contributed by atoms with Gasteiger partial charge in [-0.1, -0.05) is 5.16 Å². The van der Waals surface area contributed by atoms with Crippen molar-refractivity contribution >= 4 is 16.8 Å². The van der Waals surface area contributed by atoms with Gasteiger partial charge in [0.2, 0.25) is 0 Å². The number of hydrogen-bond donors (Lipinski definition) is 1. The second kappa shape index (κ2) is 2.46. The third kappa shape index (κ3) is 0.926. The van der Waals surface area contributed by atoms with Crippen LogP contribution in [0, 0.1) is 5.92 Å². The molecule has 0 amide bonds. The SMILES string of the molecule is ON=C1SC2CCC1CC2. The lowest BCUT2D eigenvalue weighted by atomic mass is 9.89. The fraction of sp³-hybridized carbons (Fsp3) is 0.857. The topological polar surface area (TPSA) is 32.6 Å². The van der Waals surface area contributed by atoms with Gasteiger partial charge in [0.1, 0.15) is 5.04 Å². The Hall–Kier alpha value is -0.180. The third-order valence-electron chi connectivity index (χ3n) is 2.41. The number of fused-ring (bicyclic) bond motifs is 3. The summed E-state index contributed by atoms with van der Waals surface area (Å²) in [4.78, 5) is 0. The van der Waals surface area contributed by atoms with Crippen molar-refractivity contribution < 1.29 is 5.21 Å². The van der Waals surface area contributed by atoms with E-state index in [2.05, 4.69) is 5.16 Å². The molecule has 1 N–H and O–H groups in total. The van der Waals surface area contributed by atoms with E-state index in [0.717, 1.165) is 10.3 Å². The van der Waals surface area contributed by atoms with E-state index in [1.165, 1.54) is 25.7 Å². The summed E-state index contributed by atoms with van der Waals surface area (Å²) in [5.74, 6) is 0.597. The van der Waals surface area contributed by atoms with Gasteiger partial charge in [-0.05, 0) is 25.7 Å². The Bertz CT molecular complexity index is 161. The molecular formula is C7H11NOS. The lowest BCUT2D eigenvalue weighted by Gasteiger charge is -2.35. The van der Waals surface area contributed by atoms with Crippen molar-refractivity contribution in [2.24, 2.45) is 11.1 Å². The smallest absolute Gasteiger partial charge is 0.116 e. The van der Waals surface area contributed by atoms with Crippen molar-refractivity contribution in [3.05, 3.63) is 0 Å². The van der Waals surface area contributed by atoms with E-state index < -0.39 is 0 Å².